The van der Waals surface area contributed by atoms with Gasteiger partial charge in [-0.05, 0) is 24.6 Å². The van der Waals surface area contributed by atoms with E-state index in [1.165, 1.54) is 6.08 Å². The van der Waals surface area contributed by atoms with Crippen LogP contribution in [0, 0.1) is 5.92 Å². The molecule has 0 spiro atoms. The van der Waals surface area contributed by atoms with E-state index in [4.69, 9.17) is 28.9 Å². The average Bonchev–Trinajstić information content (AvgIpc) is 2.87. The third-order valence-electron chi connectivity index (χ3n) is 3.29. The van der Waals surface area contributed by atoms with Crippen molar-refractivity contribution in [3.05, 3.63) is 39.9 Å². The predicted molar refractivity (Wildman–Crippen MR) is 79.4 cm³/mol. The van der Waals surface area contributed by atoms with Gasteiger partial charge in [0.2, 0.25) is 11.8 Å². The van der Waals surface area contributed by atoms with Crippen LogP contribution in [0.15, 0.2) is 24.3 Å². The minimum Gasteiger partial charge on any atom is -0.369 e. The quantitative estimate of drug-likeness (QED) is 0.871. The molecule has 0 radical (unpaired) electrons. The third kappa shape index (κ3) is 3.32. The van der Waals surface area contributed by atoms with Crippen LogP contribution in [0.2, 0.25) is 10.0 Å². The molecular weight excluding hydrogens is 299 g/mol. The van der Waals surface area contributed by atoms with Crippen molar-refractivity contribution in [2.75, 3.05) is 13.1 Å². The van der Waals surface area contributed by atoms with E-state index in [9.17, 15) is 9.59 Å². The maximum atomic E-state index is 12.0. The van der Waals surface area contributed by atoms with Crippen molar-refractivity contribution in [1.82, 2.24) is 4.90 Å². The zero-order valence-corrected chi connectivity index (χ0v) is 12.2. The Morgan fingerprint density at radius 2 is 1.95 bits per heavy atom. The lowest BCUT2D eigenvalue weighted by Crippen LogP contribution is -2.30. The largest absolute Gasteiger partial charge is 0.369 e. The predicted octanol–water partition coefficient (Wildman–Crippen LogP) is 2.34. The molecule has 0 bridgehead atoms. The summed E-state index contributed by atoms with van der Waals surface area (Å²) in [7, 11) is 0. The van der Waals surface area contributed by atoms with Crippen LogP contribution >= 0.6 is 23.2 Å². The van der Waals surface area contributed by atoms with Crippen molar-refractivity contribution in [1.29, 1.82) is 0 Å². The Kier molecular flexibility index (Phi) is 4.68. The summed E-state index contributed by atoms with van der Waals surface area (Å²) >= 11 is 12.0. The first kappa shape index (κ1) is 14.9. The van der Waals surface area contributed by atoms with Crippen molar-refractivity contribution in [3.63, 3.8) is 0 Å². The first-order valence-corrected chi connectivity index (χ1v) is 6.95. The highest BCUT2D eigenvalue weighted by molar-refractivity contribution is 6.37. The fourth-order valence-electron chi connectivity index (χ4n) is 2.12. The van der Waals surface area contributed by atoms with Gasteiger partial charge in [-0.1, -0.05) is 29.3 Å². The average molecular weight is 313 g/mol. The molecule has 1 heterocycles. The van der Waals surface area contributed by atoms with Crippen LogP contribution in [0.4, 0.5) is 0 Å². The summed E-state index contributed by atoms with van der Waals surface area (Å²) in [5.74, 6) is -0.792. The molecule has 1 saturated heterocycles. The lowest BCUT2D eigenvalue weighted by atomic mass is 10.1. The molecule has 1 aliphatic rings. The number of carbonyl (C=O) groups is 2. The Morgan fingerprint density at radius 1 is 1.30 bits per heavy atom. The van der Waals surface area contributed by atoms with E-state index in [1.807, 2.05) is 0 Å². The lowest BCUT2D eigenvalue weighted by Gasteiger charge is -2.13. The molecule has 1 aromatic carbocycles. The smallest absolute Gasteiger partial charge is 0.246 e. The lowest BCUT2D eigenvalue weighted by molar-refractivity contribution is -0.125. The Balaban J connectivity index is 2.05. The highest BCUT2D eigenvalue weighted by atomic mass is 35.5. The van der Waals surface area contributed by atoms with Crippen LogP contribution in [-0.4, -0.2) is 29.8 Å². The Morgan fingerprint density at radius 3 is 2.50 bits per heavy atom. The van der Waals surface area contributed by atoms with Gasteiger partial charge in [-0.3, -0.25) is 9.59 Å². The minimum absolute atomic E-state index is 0.176. The molecule has 2 amide bonds. The number of primary amides is 1. The van der Waals surface area contributed by atoms with Crippen LogP contribution < -0.4 is 5.73 Å². The molecule has 106 valence electrons. The van der Waals surface area contributed by atoms with Crippen LogP contribution in [0.25, 0.3) is 6.08 Å². The highest BCUT2D eigenvalue weighted by Crippen LogP contribution is 2.25. The fourth-order valence-corrected chi connectivity index (χ4v) is 2.65. The van der Waals surface area contributed by atoms with E-state index < -0.39 is 0 Å². The normalized spacial score (nSPS) is 18.7. The van der Waals surface area contributed by atoms with Gasteiger partial charge in [-0.2, -0.15) is 0 Å². The van der Waals surface area contributed by atoms with Gasteiger partial charge in [0.25, 0.3) is 0 Å². The Labute approximate surface area is 127 Å². The first-order chi connectivity index (χ1) is 9.49. The van der Waals surface area contributed by atoms with Gasteiger partial charge >= 0.3 is 0 Å². The SMILES string of the molecule is NC(=O)[C@H]1CCN(C(=O)/C=C\c2c(Cl)cccc2Cl)C1. The summed E-state index contributed by atoms with van der Waals surface area (Å²) < 4.78 is 0. The molecule has 0 aromatic heterocycles. The second-order valence-electron chi connectivity index (χ2n) is 4.64. The fraction of sp³-hybridized carbons (Fsp3) is 0.286. The molecule has 0 unspecified atom stereocenters. The zero-order valence-electron chi connectivity index (χ0n) is 10.7. The summed E-state index contributed by atoms with van der Waals surface area (Å²) in [6.07, 6.45) is 3.61. The number of nitrogens with zero attached hydrogens (tertiary/aromatic N) is 1. The van der Waals surface area contributed by atoms with Crippen molar-refractivity contribution in [2.45, 2.75) is 6.42 Å². The summed E-state index contributed by atoms with van der Waals surface area (Å²) in [5.41, 5.74) is 5.84. The number of halogens is 2. The maximum absolute atomic E-state index is 12.0. The van der Waals surface area contributed by atoms with E-state index in [0.29, 0.717) is 35.1 Å². The van der Waals surface area contributed by atoms with Crippen molar-refractivity contribution >= 4 is 41.1 Å². The monoisotopic (exact) mass is 312 g/mol. The molecule has 0 aliphatic carbocycles. The second kappa shape index (κ2) is 6.29. The molecule has 6 heteroatoms. The highest BCUT2D eigenvalue weighted by Gasteiger charge is 2.28. The molecule has 1 aromatic rings. The molecule has 1 aliphatic heterocycles. The number of amides is 2. The van der Waals surface area contributed by atoms with Gasteiger partial charge in [0, 0.05) is 34.8 Å². The van der Waals surface area contributed by atoms with Gasteiger partial charge in [-0.15, -0.1) is 0 Å². The third-order valence-corrected chi connectivity index (χ3v) is 3.95. The van der Waals surface area contributed by atoms with E-state index in [1.54, 1.807) is 29.2 Å². The molecule has 20 heavy (non-hydrogen) atoms. The van der Waals surface area contributed by atoms with E-state index in [0.717, 1.165) is 0 Å². The first-order valence-electron chi connectivity index (χ1n) is 6.19. The van der Waals surface area contributed by atoms with Crippen molar-refractivity contribution in [2.24, 2.45) is 11.7 Å². The van der Waals surface area contributed by atoms with Gasteiger partial charge in [0.1, 0.15) is 0 Å². The number of hydrogen-bond acceptors (Lipinski definition) is 2. The van der Waals surface area contributed by atoms with Crippen LogP contribution in [0.5, 0.6) is 0 Å². The summed E-state index contributed by atoms with van der Waals surface area (Å²) in [6, 6.07) is 5.15. The van der Waals surface area contributed by atoms with E-state index in [-0.39, 0.29) is 17.7 Å². The molecule has 2 N–H and O–H groups in total. The maximum Gasteiger partial charge on any atom is 0.246 e. The van der Waals surface area contributed by atoms with Gasteiger partial charge < -0.3 is 10.6 Å². The number of likely N-dealkylation sites (tertiary alicyclic amines) is 1. The zero-order chi connectivity index (χ0) is 14.7. The number of carbonyl (C=O) groups excluding carboxylic acids is 2. The number of nitrogens with two attached hydrogens (primary N) is 1. The molecule has 2 rings (SSSR count). The van der Waals surface area contributed by atoms with Gasteiger partial charge in [0.15, 0.2) is 0 Å². The molecule has 1 atom stereocenters. The van der Waals surface area contributed by atoms with Crippen LogP contribution in [-0.2, 0) is 9.59 Å². The topological polar surface area (TPSA) is 63.4 Å². The summed E-state index contributed by atoms with van der Waals surface area (Å²) in [6.45, 7) is 0.905. The number of rotatable bonds is 3. The molecular formula is C14H14Cl2N2O2. The van der Waals surface area contributed by atoms with Crippen LogP contribution in [0.1, 0.15) is 12.0 Å². The van der Waals surface area contributed by atoms with E-state index in [2.05, 4.69) is 0 Å². The van der Waals surface area contributed by atoms with Crippen molar-refractivity contribution in [3.8, 4) is 0 Å². The number of hydrogen-bond donors (Lipinski definition) is 1. The summed E-state index contributed by atoms with van der Waals surface area (Å²) in [4.78, 5) is 24.7. The molecule has 0 saturated carbocycles. The Bertz CT molecular complexity index is 552. The molecule has 4 nitrogen and oxygen atoms in total. The van der Waals surface area contributed by atoms with E-state index >= 15 is 0 Å². The van der Waals surface area contributed by atoms with Gasteiger partial charge in [0.05, 0.1) is 5.92 Å². The molecule has 1 fully saturated rings. The second-order valence-corrected chi connectivity index (χ2v) is 5.46. The van der Waals surface area contributed by atoms with Crippen LogP contribution in [0.3, 0.4) is 0 Å². The standard InChI is InChI=1S/C14H14Cl2N2O2/c15-11-2-1-3-12(16)10(11)4-5-13(19)18-7-6-9(8-18)14(17)20/h1-5,9H,6-8H2,(H2,17,20)/b5-4-/t9-/m0/s1. The Hall–Kier alpha value is -1.52. The number of benzene rings is 1. The minimum atomic E-state index is -0.363. The van der Waals surface area contributed by atoms with Gasteiger partial charge in [-0.25, -0.2) is 0 Å². The van der Waals surface area contributed by atoms with Crippen molar-refractivity contribution < 1.29 is 9.59 Å². The summed E-state index contributed by atoms with van der Waals surface area (Å²) in [5, 5.41) is 0.968.